The highest BCUT2D eigenvalue weighted by Crippen LogP contribution is 2.42. The first-order valence-electron chi connectivity index (χ1n) is 12.7. The number of amides is 1. The Hall–Kier alpha value is -0.770. The quantitative estimate of drug-likeness (QED) is 0.222. The second-order valence-electron chi connectivity index (χ2n) is 9.47. The first-order valence-corrected chi connectivity index (χ1v) is 12.7. The van der Waals surface area contributed by atoms with Gasteiger partial charge >= 0.3 is 6.09 Å². The Kier molecular flexibility index (Phi) is 15.4. The smallest absolute Gasteiger partial charge is 0.407 e. The van der Waals surface area contributed by atoms with Gasteiger partial charge in [0.1, 0.15) is 6.10 Å². The molecule has 2 unspecified atom stereocenters. The minimum absolute atomic E-state index is 0.0874. The Balaban J connectivity index is 1.75. The number of hydrogen-bond acceptors (Lipinski definition) is 3. The monoisotopic (exact) mass is 411 g/mol. The Bertz CT molecular complexity index is 398. The molecule has 0 aliphatic heterocycles. The number of carbonyl (C=O) groups is 1. The maximum Gasteiger partial charge on any atom is 0.407 e. The van der Waals surface area contributed by atoms with E-state index in [0.29, 0.717) is 6.54 Å². The van der Waals surface area contributed by atoms with Crippen LogP contribution in [-0.4, -0.2) is 30.5 Å². The van der Waals surface area contributed by atoms with E-state index in [4.69, 9.17) is 4.74 Å². The molecule has 1 aliphatic carbocycles. The fourth-order valence-electron chi connectivity index (χ4n) is 4.17. The van der Waals surface area contributed by atoms with Crippen LogP contribution in [0.5, 0.6) is 0 Å². The summed E-state index contributed by atoms with van der Waals surface area (Å²) in [6, 6.07) is 0. The molecule has 1 rings (SSSR count). The van der Waals surface area contributed by atoms with Crippen LogP contribution >= 0.6 is 0 Å². The zero-order valence-electron chi connectivity index (χ0n) is 19.5. The van der Waals surface area contributed by atoms with Crippen molar-refractivity contribution in [2.75, 3.05) is 13.2 Å². The molecule has 4 nitrogen and oxygen atoms in total. The second-order valence-corrected chi connectivity index (χ2v) is 9.47. The van der Waals surface area contributed by atoms with Crippen LogP contribution in [0.3, 0.4) is 0 Å². The summed E-state index contributed by atoms with van der Waals surface area (Å²) in [6.07, 6.45) is 23.0. The second kappa shape index (κ2) is 17.0. The number of ether oxygens (including phenoxy) is 1. The van der Waals surface area contributed by atoms with Crippen molar-refractivity contribution in [3.8, 4) is 0 Å². The lowest BCUT2D eigenvalue weighted by atomic mass is 9.68. The van der Waals surface area contributed by atoms with Crippen LogP contribution in [0.4, 0.5) is 4.79 Å². The van der Waals surface area contributed by atoms with Gasteiger partial charge in [0.2, 0.25) is 0 Å². The molecule has 0 aromatic rings. The molecule has 1 amide bonds. The molecule has 2 N–H and O–H groups in total. The van der Waals surface area contributed by atoms with Crippen LogP contribution in [-0.2, 0) is 4.74 Å². The molecule has 0 aromatic heterocycles. The van der Waals surface area contributed by atoms with E-state index < -0.39 is 0 Å². The molecule has 0 radical (unpaired) electrons. The van der Waals surface area contributed by atoms with Crippen molar-refractivity contribution in [1.29, 1.82) is 0 Å². The van der Waals surface area contributed by atoms with Crippen LogP contribution < -0.4 is 5.32 Å². The lowest BCUT2D eigenvalue weighted by Crippen LogP contribution is -2.49. The molecule has 1 fully saturated rings. The zero-order valence-corrected chi connectivity index (χ0v) is 19.5. The number of alkyl carbamates (subject to hydrolysis) is 1. The third kappa shape index (κ3) is 12.5. The number of carbonyl (C=O) groups excluding carboxylic acids is 1. The van der Waals surface area contributed by atoms with Crippen molar-refractivity contribution in [2.24, 2.45) is 5.41 Å². The van der Waals surface area contributed by atoms with Gasteiger partial charge in [0, 0.05) is 12.0 Å². The third-order valence-corrected chi connectivity index (χ3v) is 6.67. The predicted molar refractivity (Wildman–Crippen MR) is 122 cm³/mol. The van der Waals surface area contributed by atoms with Gasteiger partial charge in [-0.05, 0) is 19.3 Å². The molecule has 172 valence electrons. The van der Waals surface area contributed by atoms with Gasteiger partial charge in [-0.1, -0.05) is 110 Å². The average Bonchev–Trinajstić information content (AvgIpc) is 2.72. The van der Waals surface area contributed by atoms with Gasteiger partial charge in [-0.15, -0.1) is 0 Å². The molecular weight excluding hydrogens is 362 g/mol. The predicted octanol–water partition coefficient (Wildman–Crippen LogP) is 7.14. The van der Waals surface area contributed by atoms with Gasteiger partial charge in [0.05, 0.1) is 6.61 Å². The molecule has 0 heterocycles. The summed E-state index contributed by atoms with van der Waals surface area (Å²) in [7, 11) is 0. The Morgan fingerprint density at radius 1 is 0.862 bits per heavy atom. The largest absolute Gasteiger partial charge is 0.446 e. The third-order valence-electron chi connectivity index (χ3n) is 6.67. The minimum atomic E-state index is -0.324. The summed E-state index contributed by atoms with van der Waals surface area (Å²) in [5.74, 6) is 0. The van der Waals surface area contributed by atoms with Crippen LogP contribution in [0.25, 0.3) is 0 Å². The van der Waals surface area contributed by atoms with Gasteiger partial charge in [-0.3, -0.25) is 0 Å². The van der Waals surface area contributed by atoms with Gasteiger partial charge < -0.3 is 15.2 Å². The first-order chi connectivity index (χ1) is 14.1. The van der Waals surface area contributed by atoms with E-state index in [-0.39, 0.29) is 24.2 Å². The normalized spacial score (nSPS) is 21.0. The fraction of sp³-hybridized carbons (Fsp3) is 0.960. The van der Waals surface area contributed by atoms with Crippen LogP contribution in [0.2, 0.25) is 0 Å². The SMILES string of the molecule is CCCCCCCCCCCCCCCCCCNC(=O)OC1CCC1(C)CO. The summed E-state index contributed by atoms with van der Waals surface area (Å²) in [5.41, 5.74) is -0.231. The molecule has 1 saturated carbocycles. The number of nitrogens with one attached hydrogen (secondary N) is 1. The fourth-order valence-corrected chi connectivity index (χ4v) is 4.17. The molecule has 0 spiro atoms. The summed E-state index contributed by atoms with van der Waals surface area (Å²) < 4.78 is 5.41. The van der Waals surface area contributed by atoms with E-state index in [2.05, 4.69) is 12.2 Å². The molecule has 0 aromatic carbocycles. The highest BCUT2D eigenvalue weighted by Gasteiger charge is 2.45. The number of unbranched alkanes of at least 4 members (excludes halogenated alkanes) is 15. The van der Waals surface area contributed by atoms with Crippen molar-refractivity contribution in [2.45, 2.75) is 136 Å². The molecule has 4 heteroatoms. The Labute approximate surface area is 180 Å². The molecular formula is C25H49NO3. The Morgan fingerprint density at radius 2 is 1.31 bits per heavy atom. The minimum Gasteiger partial charge on any atom is -0.446 e. The van der Waals surface area contributed by atoms with E-state index in [9.17, 15) is 9.90 Å². The van der Waals surface area contributed by atoms with Crippen molar-refractivity contribution >= 4 is 6.09 Å². The highest BCUT2D eigenvalue weighted by atomic mass is 16.6. The Morgan fingerprint density at radius 3 is 1.69 bits per heavy atom. The van der Waals surface area contributed by atoms with Crippen molar-refractivity contribution in [1.82, 2.24) is 5.32 Å². The zero-order chi connectivity index (χ0) is 21.2. The maximum atomic E-state index is 11.8. The van der Waals surface area contributed by atoms with Crippen LogP contribution in [0, 0.1) is 5.41 Å². The van der Waals surface area contributed by atoms with Crippen LogP contribution in [0.1, 0.15) is 129 Å². The summed E-state index contributed by atoms with van der Waals surface area (Å²) in [4.78, 5) is 11.8. The van der Waals surface area contributed by atoms with Crippen molar-refractivity contribution < 1.29 is 14.6 Å². The molecule has 0 saturated heterocycles. The van der Waals surface area contributed by atoms with Gasteiger partial charge in [-0.2, -0.15) is 0 Å². The standard InChI is InChI=1S/C25H49NO3/c1-3-4-5-6-7-8-9-10-11-12-13-14-15-16-17-18-21-26-24(28)29-23-19-20-25(23,2)22-27/h23,27H,3-22H2,1-2H3,(H,26,28). The number of rotatable bonds is 19. The van der Waals surface area contributed by atoms with Crippen molar-refractivity contribution in [3.63, 3.8) is 0 Å². The maximum absolute atomic E-state index is 11.8. The highest BCUT2D eigenvalue weighted by molar-refractivity contribution is 5.67. The van der Waals surface area contributed by atoms with Gasteiger partial charge in [-0.25, -0.2) is 4.79 Å². The van der Waals surface area contributed by atoms with E-state index in [1.807, 2.05) is 6.92 Å². The molecule has 29 heavy (non-hydrogen) atoms. The number of hydrogen-bond donors (Lipinski definition) is 2. The van der Waals surface area contributed by atoms with E-state index >= 15 is 0 Å². The number of aliphatic hydroxyl groups excluding tert-OH is 1. The lowest BCUT2D eigenvalue weighted by molar-refractivity contribution is -0.0879. The van der Waals surface area contributed by atoms with E-state index in [1.54, 1.807) is 0 Å². The molecule has 0 bridgehead atoms. The molecule has 1 aliphatic rings. The molecule has 2 atom stereocenters. The summed E-state index contributed by atoms with van der Waals surface area (Å²) in [5, 5.41) is 12.2. The van der Waals surface area contributed by atoms with Crippen LogP contribution in [0.15, 0.2) is 0 Å². The lowest BCUT2D eigenvalue weighted by Gasteiger charge is -2.44. The van der Waals surface area contributed by atoms with E-state index in [1.165, 1.54) is 96.3 Å². The first kappa shape index (κ1) is 26.3. The summed E-state index contributed by atoms with van der Waals surface area (Å²) in [6.45, 7) is 5.04. The topological polar surface area (TPSA) is 58.6 Å². The van der Waals surface area contributed by atoms with E-state index in [0.717, 1.165) is 19.3 Å². The van der Waals surface area contributed by atoms with Gasteiger partial charge in [0.15, 0.2) is 0 Å². The average molecular weight is 412 g/mol. The van der Waals surface area contributed by atoms with Crippen molar-refractivity contribution in [3.05, 3.63) is 0 Å². The summed E-state index contributed by atoms with van der Waals surface area (Å²) >= 11 is 0. The van der Waals surface area contributed by atoms with Gasteiger partial charge in [0.25, 0.3) is 0 Å². The number of aliphatic hydroxyl groups is 1.